The third-order valence-corrected chi connectivity index (χ3v) is 2.78. The van der Waals surface area contributed by atoms with Crippen molar-refractivity contribution in [2.45, 2.75) is 12.0 Å². The van der Waals surface area contributed by atoms with Crippen LogP contribution in [-0.4, -0.2) is 5.54 Å². The molecule has 0 amide bonds. The molecule has 0 radical (unpaired) electrons. The van der Waals surface area contributed by atoms with Crippen molar-refractivity contribution >= 4 is 5.69 Å². The van der Waals surface area contributed by atoms with Crippen molar-refractivity contribution in [2.24, 2.45) is 0 Å². The Kier molecular flexibility index (Phi) is 3.61. The largest absolute Gasteiger partial charge is 0.372 e. The van der Waals surface area contributed by atoms with Gasteiger partial charge in [0, 0.05) is 5.69 Å². The molecule has 1 aromatic rings. The second-order valence-electron chi connectivity index (χ2n) is 4.12. The van der Waals surface area contributed by atoms with Gasteiger partial charge in [-0.25, -0.2) is 0 Å². The van der Waals surface area contributed by atoms with Gasteiger partial charge < -0.3 is 5.32 Å². The molecule has 1 nitrogen and oxygen atoms in total. The molecule has 1 N–H and O–H groups in total. The lowest BCUT2D eigenvalue weighted by atomic mass is 9.90. The summed E-state index contributed by atoms with van der Waals surface area (Å²) in [6.45, 7) is 3.73. The van der Waals surface area contributed by atoms with Crippen LogP contribution in [0.25, 0.3) is 0 Å². The number of rotatable bonds is 4. The Balaban J connectivity index is 2.22. The van der Waals surface area contributed by atoms with Gasteiger partial charge in [0.25, 0.3) is 0 Å². The maximum atomic E-state index is 3.73. The number of benzene rings is 1. The van der Waals surface area contributed by atoms with Crippen LogP contribution >= 0.6 is 0 Å². The molecule has 86 valence electrons. The molecule has 1 aliphatic carbocycles. The fourth-order valence-electron chi connectivity index (χ4n) is 1.92. The molecule has 1 atom stereocenters. The van der Waals surface area contributed by atoms with Crippen LogP contribution < -0.4 is 5.32 Å². The normalized spacial score (nSPS) is 22.8. The van der Waals surface area contributed by atoms with Crippen molar-refractivity contribution < 1.29 is 0 Å². The highest BCUT2D eigenvalue weighted by Gasteiger charge is 2.22. The summed E-state index contributed by atoms with van der Waals surface area (Å²) >= 11 is 0. The summed E-state index contributed by atoms with van der Waals surface area (Å²) in [6, 6.07) is 10.3. The van der Waals surface area contributed by atoms with Crippen molar-refractivity contribution in [3.63, 3.8) is 0 Å². The highest BCUT2D eigenvalue weighted by Crippen LogP contribution is 2.25. The van der Waals surface area contributed by atoms with E-state index in [0.717, 1.165) is 12.1 Å². The van der Waals surface area contributed by atoms with Gasteiger partial charge in [-0.15, -0.1) is 0 Å². The Morgan fingerprint density at radius 1 is 1.18 bits per heavy atom. The summed E-state index contributed by atoms with van der Waals surface area (Å²) in [5.41, 5.74) is 0.991. The van der Waals surface area contributed by atoms with E-state index in [1.807, 2.05) is 24.3 Å². The molecule has 17 heavy (non-hydrogen) atoms. The first-order valence-electron chi connectivity index (χ1n) is 5.82. The second kappa shape index (κ2) is 5.35. The lowest BCUT2D eigenvalue weighted by Gasteiger charge is -2.30. The predicted molar refractivity (Wildman–Crippen MR) is 75.0 cm³/mol. The van der Waals surface area contributed by atoms with Crippen LogP contribution in [0.15, 0.2) is 79.4 Å². The molecule has 0 bridgehead atoms. The first-order chi connectivity index (χ1) is 8.35. The monoisotopic (exact) mass is 223 g/mol. The molecule has 1 heteroatoms. The van der Waals surface area contributed by atoms with Gasteiger partial charge in [-0.1, -0.05) is 67.3 Å². The van der Waals surface area contributed by atoms with Crippen LogP contribution in [-0.2, 0) is 0 Å². The molecule has 1 aromatic carbocycles. The average Bonchev–Trinajstić information content (AvgIpc) is 2.39. The van der Waals surface area contributed by atoms with E-state index in [1.165, 1.54) is 0 Å². The maximum absolute atomic E-state index is 3.73. The van der Waals surface area contributed by atoms with Crippen molar-refractivity contribution in [2.75, 3.05) is 5.32 Å². The number of hydrogen-bond acceptors (Lipinski definition) is 1. The smallest absolute Gasteiger partial charge is 0.0780 e. The SMILES string of the molecule is C=CC=CC1(Nc2ccccc2)C=CC=CC1. The summed E-state index contributed by atoms with van der Waals surface area (Å²) < 4.78 is 0. The van der Waals surface area contributed by atoms with Crippen molar-refractivity contribution in [3.05, 3.63) is 79.4 Å². The molecule has 0 aliphatic heterocycles. The summed E-state index contributed by atoms with van der Waals surface area (Å²) in [4.78, 5) is 0. The average molecular weight is 223 g/mol. The van der Waals surface area contributed by atoms with Gasteiger partial charge in [-0.3, -0.25) is 0 Å². The lowest BCUT2D eigenvalue weighted by Crippen LogP contribution is -2.34. The van der Waals surface area contributed by atoms with Crippen LogP contribution in [0.2, 0.25) is 0 Å². The molecule has 1 unspecified atom stereocenters. The first-order valence-corrected chi connectivity index (χ1v) is 5.82. The first kappa shape index (κ1) is 11.5. The topological polar surface area (TPSA) is 12.0 Å². The Morgan fingerprint density at radius 2 is 2.00 bits per heavy atom. The highest BCUT2D eigenvalue weighted by molar-refractivity contribution is 5.50. The summed E-state index contributed by atoms with van der Waals surface area (Å²) in [5, 5.41) is 3.56. The molecule has 0 aromatic heterocycles. The van der Waals surface area contributed by atoms with Gasteiger partial charge in [-0.05, 0) is 18.6 Å². The molecule has 1 aliphatic rings. The van der Waals surface area contributed by atoms with E-state index in [4.69, 9.17) is 0 Å². The minimum Gasteiger partial charge on any atom is -0.372 e. The predicted octanol–water partition coefficient (Wildman–Crippen LogP) is 4.10. The van der Waals surface area contributed by atoms with Crippen LogP contribution in [0.5, 0.6) is 0 Å². The molecule has 2 rings (SSSR count). The number of para-hydroxylation sites is 1. The van der Waals surface area contributed by atoms with E-state index in [-0.39, 0.29) is 5.54 Å². The minimum atomic E-state index is -0.135. The molecule has 0 fully saturated rings. The third-order valence-electron chi connectivity index (χ3n) is 2.78. The summed E-state index contributed by atoms with van der Waals surface area (Å²) in [6.07, 6.45) is 15.4. The van der Waals surface area contributed by atoms with Gasteiger partial charge in [0.15, 0.2) is 0 Å². The molecule has 0 spiro atoms. The van der Waals surface area contributed by atoms with Crippen molar-refractivity contribution in [1.29, 1.82) is 0 Å². The quantitative estimate of drug-likeness (QED) is 0.758. The van der Waals surface area contributed by atoms with E-state index >= 15 is 0 Å². The fraction of sp³-hybridized carbons (Fsp3) is 0.125. The molecule has 0 saturated carbocycles. The third kappa shape index (κ3) is 2.97. The van der Waals surface area contributed by atoms with E-state index in [0.29, 0.717) is 0 Å². The standard InChI is InChI=1S/C16H17N/c1-2-3-12-16(13-8-5-9-14-16)17-15-10-6-4-7-11-15/h2-13,17H,1,14H2. The molecular weight excluding hydrogens is 206 g/mol. The summed E-state index contributed by atoms with van der Waals surface area (Å²) in [5.74, 6) is 0. The van der Waals surface area contributed by atoms with Gasteiger partial charge >= 0.3 is 0 Å². The van der Waals surface area contributed by atoms with Gasteiger partial charge in [0.2, 0.25) is 0 Å². The van der Waals surface area contributed by atoms with Crippen LogP contribution in [0.4, 0.5) is 5.69 Å². The zero-order valence-electron chi connectivity index (χ0n) is 9.84. The van der Waals surface area contributed by atoms with Crippen LogP contribution in [0.3, 0.4) is 0 Å². The fourth-order valence-corrected chi connectivity index (χ4v) is 1.92. The zero-order chi connectivity index (χ0) is 12.0. The lowest BCUT2D eigenvalue weighted by molar-refractivity contribution is 0.714. The number of anilines is 1. The van der Waals surface area contributed by atoms with Gasteiger partial charge in [0.05, 0.1) is 5.54 Å². The Labute approximate surface area is 103 Å². The minimum absolute atomic E-state index is 0.135. The number of nitrogens with one attached hydrogen (secondary N) is 1. The Bertz CT molecular complexity index is 454. The molecule has 0 heterocycles. The van der Waals surface area contributed by atoms with Crippen LogP contribution in [0.1, 0.15) is 6.42 Å². The highest BCUT2D eigenvalue weighted by atomic mass is 15.0. The van der Waals surface area contributed by atoms with Crippen molar-refractivity contribution in [3.8, 4) is 0 Å². The molecule has 0 saturated heterocycles. The van der Waals surface area contributed by atoms with Gasteiger partial charge in [-0.2, -0.15) is 0 Å². The van der Waals surface area contributed by atoms with E-state index in [2.05, 4.69) is 54.4 Å². The second-order valence-corrected chi connectivity index (χ2v) is 4.12. The summed E-state index contributed by atoms with van der Waals surface area (Å²) in [7, 11) is 0. The molecular formula is C16H17N. The van der Waals surface area contributed by atoms with Crippen molar-refractivity contribution in [1.82, 2.24) is 0 Å². The Morgan fingerprint density at radius 3 is 2.65 bits per heavy atom. The number of hydrogen-bond donors (Lipinski definition) is 1. The zero-order valence-corrected chi connectivity index (χ0v) is 9.84. The van der Waals surface area contributed by atoms with Crippen LogP contribution in [0, 0.1) is 0 Å². The maximum Gasteiger partial charge on any atom is 0.0780 e. The van der Waals surface area contributed by atoms with E-state index in [1.54, 1.807) is 6.08 Å². The van der Waals surface area contributed by atoms with E-state index < -0.39 is 0 Å². The van der Waals surface area contributed by atoms with Gasteiger partial charge in [0.1, 0.15) is 0 Å². The van der Waals surface area contributed by atoms with E-state index in [9.17, 15) is 0 Å². The Hall–Kier alpha value is -2.02. The number of allylic oxidation sites excluding steroid dienone is 4.